The van der Waals surface area contributed by atoms with Gasteiger partial charge >= 0.3 is 11.9 Å². The quantitative estimate of drug-likeness (QED) is 0.130. The zero-order valence-electron chi connectivity index (χ0n) is 31.1. The number of ether oxygens (including phenoxy) is 2. The van der Waals surface area contributed by atoms with Gasteiger partial charge in [0, 0.05) is 97.0 Å². The average Bonchev–Trinajstić information content (AvgIpc) is 3.88. The van der Waals surface area contributed by atoms with Crippen molar-refractivity contribution in [2.45, 2.75) is 65.6 Å². The molecule has 2 aliphatic rings. The van der Waals surface area contributed by atoms with Crippen molar-refractivity contribution in [2.24, 2.45) is 25.9 Å². The summed E-state index contributed by atoms with van der Waals surface area (Å²) < 4.78 is 16.0. The maximum absolute atomic E-state index is 14.1. The number of carbonyl (C=O) groups excluding carboxylic acids is 4. The first kappa shape index (κ1) is 35.0. The number of esters is 2. The van der Waals surface area contributed by atoms with E-state index in [4.69, 9.17) is 9.47 Å². The summed E-state index contributed by atoms with van der Waals surface area (Å²) in [6, 6.07) is 11.9. The number of benzene rings is 2. The van der Waals surface area contributed by atoms with E-state index >= 15 is 0 Å². The number of ketones is 2. The molecule has 4 aromatic heterocycles. The van der Waals surface area contributed by atoms with E-state index in [1.807, 2.05) is 87.3 Å². The van der Waals surface area contributed by atoms with Crippen molar-refractivity contribution in [1.82, 2.24) is 29.1 Å². The topological polar surface area (TPSA) is 154 Å². The molecule has 8 rings (SSSR count). The van der Waals surface area contributed by atoms with Crippen LogP contribution < -0.4 is 0 Å². The summed E-state index contributed by atoms with van der Waals surface area (Å²) in [7, 11) is 3.74. The number of hydrogen-bond donors (Lipinski definition) is 2. The summed E-state index contributed by atoms with van der Waals surface area (Å²) in [5.74, 6) is -2.43. The van der Waals surface area contributed by atoms with Crippen LogP contribution in [0, 0.1) is 39.5 Å². The summed E-state index contributed by atoms with van der Waals surface area (Å²) in [5, 5.41) is 1.63. The van der Waals surface area contributed by atoms with Gasteiger partial charge < -0.3 is 28.6 Å². The van der Waals surface area contributed by atoms with Crippen molar-refractivity contribution >= 4 is 45.3 Å². The lowest BCUT2D eigenvalue weighted by atomic mass is 9.80. The van der Waals surface area contributed by atoms with E-state index in [1.165, 1.54) is 0 Å². The Kier molecular flexibility index (Phi) is 8.70. The Morgan fingerprint density at radius 2 is 1.11 bits per heavy atom. The average molecular weight is 727 g/mol. The molecule has 4 atom stereocenters. The summed E-state index contributed by atoms with van der Waals surface area (Å²) in [4.78, 5) is 70.1. The predicted molar refractivity (Wildman–Crippen MR) is 201 cm³/mol. The zero-order chi connectivity index (χ0) is 38.0. The number of H-pyrrole nitrogens is 2. The summed E-state index contributed by atoms with van der Waals surface area (Å²) in [6.07, 6.45) is 5.20. The molecule has 0 fully saturated rings. The van der Waals surface area contributed by atoms with Crippen LogP contribution in [0.25, 0.3) is 21.8 Å². The molecule has 276 valence electrons. The Morgan fingerprint density at radius 3 is 1.48 bits per heavy atom. The maximum atomic E-state index is 14.1. The van der Waals surface area contributed by atoms with E-state index < -0.39 is 36.0 Å². The lowest BCUT2D eigenvalue weighted by Gasteiger charge is -2.29. The second-order valence-corrected chi connectivity index (χ2v) is 14.8. The number of imidazole rings is 2. The van der Waals surface area contributed by atoms with Crippen molar-refractivity contribution in [2.75, 3.05) is 0 Å². The first-order chi connectivity index (χ1) is 25.9. The number of aryl methyl sites for hydroxylation is 6. The van der Waals surface area contributed by atoms with E-state index in [-0.39, 0.29) is 24.4 Å². The smallest absolute Gasteiger partial charge is 0.331 e. The van der Waals surface area contributed by atoms with Crippen LogP contribution in [0.2, 0.25) is 0 Å². The Bertz CT molecular complexity index is 2370. The zero-order valence-corrected chi connectivity index (χ0v) is 31.1. The van der Waals surface area contributed by atoms with Gasteiger partial charge in [-0.15, -0.1) is 0 Å². The van der Waals surface area contributed by atoms with Gasteiger partial charge in [-0.1, -0.05) is 23.3 Å². The monoisotopic (exact) mass is 726 g/mol. The molecule has 0 saturated heterocycles. The lowest BCUT2D eigenvalue weighted by molar-refractivity contribution is -0.147. The second-order valence-electron chi connectivity index (χ2n) is 14.8. The summed E-state index contributed by atoms with van der Waals surface area (Å²) in [5.41, 5.74) is 9.46. The molecule has 54 heavy (non-hydrogen) atoms. The molecule has 2 aliphatic carbocycles. The molecule has 0 bridgehead atoms. The number of carbonyl (C=O) groups is 4. The number of fused-ring (bicyclic) bond motifs is 6. The maximum Gasteiger partial charge on any atom is 0.331 e. The molecule has 0 spiro atoms. The van der Waals surface area contributed by atoms with Crippen molar-refractivity contribution in [1.29, 1.82) is 0 Å². The first-order valence-corrected chi connectivity index (χ1v) is 18.2. The van der Waals surface area contributed by atoms with Crippen LogP contribution in [0.5, 0.6) is 0 Å². The second kappa shape index (κ2) is 13.4. The minimum atomic E-state index is -0.745. The third-order valence-electron chi connectivity index (χ3n) is 11.3. The highest BCUT2D eigenvalue weighted by Gasteiger charge is 2.42. The minimum absolute atomic E-state index is 0.00963. The van der Waals surface area contributed by atoms with Gasteiger partial charge in [0.25, 0.3) is 0 Å². The highest BCUT2D eigenvalue weighted by atomic mass is 16.5. The van der Waals surface area contributed by atoms with Crippen molar-refractivity contribution < 1.29 is 28.7 Å². The molecule has 12 heteroatoms. The molecule has 0 saturated carbocycles. The van der Waals surface area contributed by atoms with E-state index in [9.17, 15) is 19.2 Å². The van der Waals surface area contributed by atoms with Gasteiger partial charge in [0.1, 0.15) is 12.2 Å². The lowest BCUT2D eigenvalue weighted by Crippen LogP contribution is -2.30. The molecule has 6 aromatic rings. The van der Waals surface area contributed by atoms with E-state index in [0.717, 1.165) is 67.9 Å². The fourth-order valence-electron chi connectivity index (χ4n) is 8.50. The Hall–Kier alpha value is -6.04. The van der Waals surface area contributed by atoms with Gasteiger partial charge in [0.15, 0.2) is 11.6 Å². The normalized spacial score (nSPS) is 19.8. The number of aromatic amines is 2. The molecule has 4 heterocycles. The number of hydrogen-bond acceptors (Lipinski definition) is 8. The number of aromatic nitrogens is 6. The number of Topliss-reactive ketones (excluding diaryl/α,β-unsaturated/α-hetero) is 2. The van der Waals surface area contributed by atoms with Gasteiger partial charge in [-0.2, -0.15) is 0 Å². The molecule has 2 aromatic carbocycles. The third kappa shape index (κ3) is 5.95. The predicted octanol–water partition coefficient (Wildman–Crippen LogP) is 6.67. The number of rotatable bonds is 8. The fraction of sp³-hybridized carbons (Fsp3) is 0.333. The molecule has 0 aliphatic heterocycles. The molecule has 2 N–H and O–H groups in total. The Labute approximate surface area is 311 Å². The summed E-state index contributed by atoms with van der Waals surface area (Å²) in [6.45, 7) is 7.78. The van der Waals surface area contributed by atoms with Gasteiger partial charge in [0.2, 0.25) is 0 Å². The van der Waals surface area contributed by atoms with Crippen LogP contribution in [0.4, 0.5) is 0 Å². The van der Waals surface area contributed by atoms with E-state index in [2.05, 4.69) is 19.9 Å². The van der Waals surface area contributed by atoms with Crippen molar-refractivity contribution in [3.8, 4) is 0 Å². The van der Waals surface area contributed by atoms with Crippen LogP contribution in [0.3, 0.4) is 0 Å². The van der Waals surface area contributed by atoms with Gasteiger partial charge in [-0.3, -0.25) is 9.59 Å². The molecule has 4 unspecified atom stereocenters. The van der Waals surface area contributed by atoms with Crippen molar-refractivity contribution in [3.05, 3.63) is 118 Å². The third-order valence-corrected chi connectivity index (χ3v) is 11.3. The fourth-order valence-corrected chi connectivity index (χ4v) is 8.50. The number of nitrogens with one attached hydrogen (secondary N) is 2. The van der Waals surface area contributed by atoms with Gasteiger partial charge in [-0.25, -0.2) is 19.6 Å². The molecule has 12 nitrogen and oxygen atoms in total. The molecule has 0 radical (unpaired) electrons. The summed E-state index contributed by atoms with van der Waals surface area (Å²) >= 11 is 0. The highest BCUT2D eigenvalue weighted by Crippen LogP contribution is 2.44. The van der Waals surface area contributed by atoms with Crippen LogP contribution in [-0.2, 0) is 46.0 Å². The van der Waals surface area contributed by atoms with Gasteiger partial charge in [0.05, 0.1) is 46.6 Å². The van der Waals surface area contributed by atoms with Gasteiger partial charge in [-0.05, 0) is 52.0 Å². The van der Waals surface area contributed by atoms with Crippen LogP contribution in [0.1, 0.15) is 91.1 Å². The molecular formula is C42H42N6O6. The Morgan fingerprint density at radius 1 is 0.704 bits per heavy atom. The number of nitrogens with zero attached hydrogens (tertiary/aromatic N) is 4. The highest BCUT2D eigenvalue weighted by molar-refractivity contribution is 6.13. The molecule has 0 amide bonds. The largest absolute Gasteiger partial charge is 0.453 e. The Balaban J connectivity index is 1.06. The SMILES string of the molecule is Cc1ccc2c(c1)c1c(n2C)C(OC(=O)/C=C\C(=O)OC2CC(Cc3nc[nH]c3C)C(=O)c3c2n(C)c2ccc(C)cc32)CC(Cc2nc[nH]c2C)C1=O. The van der Waals surface area contributed by atoms with E-state index in [0.29, 0.717) is 35.4 Å². The van der Waals surface area contributed by atoms with E-state index in [1.54, 1.807) is 12.7 Å². The standard InChI is InChI=1S/C42H42N6O6/c1-21-7-9-31-27(13-21)37-39(47(31)5)33(17-25(41(37)51)15-29-23(3)43-19-45-29)53-35(49)11-12-36(50)54-34-18-26(16-30-24(4)44-20-46-30)42(52)38-28-14-22(2)8-10-32(28)48(6)40(34)38/h7-14,19-20,25-26,33-34H,15-18H2,1-6H3,(H,43,45)(H,44,46)/b12-11-. The minimum Gasteiger partial charge on any atom is -0.453 e. The van der Waals surface area contributed by atoms with Crippen LogP contribution >= 0.6 is 0 Å². The first-order valence-electron chi connectivity index (χ1n) is 18.2. The van der Waals surface area contributed by atoms with Crippen LogP contribution in [-0.4, -0.2) is 52.6 Å². The van der Waals surface area contributed by atoms with Crippen molar-refractivity contribution in [3.63, 3.8) is 0 Å². The van der Waals surface area contributed by atoms with Crippen LogP contribution in [0.15, 0.2) is 61.2 Å². The molecular weight excluding hydrogens is 684 g/mol.